The summed E-state index contributed by atoms with van der Waals surface area (Å²) in [5.41, 5.74) is 1.99. The van der Waals surface area contributed by atoms with Crippen LogP contribution in [0.3, 0.4) is 0 Å². The smallest absolute Gasteiger partial charge is 0.412 e. The van der Waals surface area contributed by atoms with Crippen molar-refractivity contribution >= 4 is 17.6 Å². The van der Waals surface area contributed by atoms with E-state index < -0.39 is 6.09 Å². The number of benzene rings is 1. The van der Waals surface area contributed by atoms with Gasteiger partial charge in [-0.05, 0) is 29.8 Å². The second kappa shape index (κ2) is 7.14. The Kier molecular flexibility index (Phi) is 4.98. The number of carbonyl (C=O) groups excluding carboxylic acids is 1. The lowest BCUT2D eigenvalue weighted by atomic mass is 10.2. The van der Waals surface area contributed by atoms with Gasteiger partial charge < -0.3 is 14.8 Å². The van der Waals surface area contributed by atoms with Gasteiger partial charge in [-0.2, -0.15) is 0 Å². The summed E-state index contributed by atoms with van der Waals surface area (Å²) in [5, 5.41) is 5.74. The van der Waals surface area contributed by atoms with Crippen molar-refractivity contribution in [3.8, 4) is 5.75 Å². The van der Waals surface area contributed by atoms with Crippen LogP contribution in [0.4, 0.5) is 16.3 Å². The van der Waals surface area contributed by atoms with E-state index in [0.29, 0.717) is 12.4 Å². The predicted octanol–water partition coefficient (Wildman–Crippen LogP) is 2.88. The molecule has 0 saturated carbocycles. The molecule has 1 amide bonds. The Morgan fingerprint density at radius 3 is 2.48 bits per heavy atom. The molecule has 1 aromatic heterocycles. The molecule has 0 spiro atoms. The van der Waals surface area contributed by atoms with Crippen molar-refractivity contribution in [1.82, 2.24) is 4.98 Å². The molecule has 0 aliphatic heterocycles. The zero-order valence-electron chi connectivity index (χ0n) is 11.9. The number of hydrogen-bond donors (Lipinski definition) is 2. The third kappa shape index (κ3) is 4.38. The summed E-state index contributed by atoms with van der Waals surface area (Å²) in [6.45, 7) is 0.676. The lowest BCUT2D eigenvalue weighted by Crippen LogP contribution is -2.12. The van der Waals surface area contributed by atoms with E-state index in [-0.39, 0.29) is 0 Å². The molecule has 0 radical (unpaired) electrons. The molecule has 0 atom stereocenters. The Morgan fingerprint density at radius 1 is 1.14 bits per heavy atom. The van der Waals surface area contributed by atoms with Crippen LogP contribution >= 0.6 is 0 Å². The van der Waals surface area contributed by atoms with E-state index in [0.717, 1.165) is 17.0 Å². The summed E-state index contributed by atoms with van der Waals surface area (Å²) in [6.07, 6.45) is 1.11. The summed E-state index contributed by atoms with van der Waals surface area (Å²) in [5.74, 6) is 1.27. The minimum absolute atomic E-state index is 0.442. The Hall–Kier alpha value is -2.76. The molecule has 2 rings (SSSR count). The molecule has 21 heavy (non-hydrogen) atoms. The zero-order valence-corrected chi connectivity index (χ0v) is 11.9. The van der Waals surface area contributed by atoms with Crippen LogP contribution in [0, 0.1) is 0 Å². The number of ether oxygens (including phenoxy) is 2. The number of amides is 1. The molecule has 6 heteroatoms. The molecule has 2 aromatic rings. The number of nitrogens with one attached hydrogen (secondary N) is 2. The predicted molar refractivity (Wildman–Crippen MR) is 80.6 cm³/mol. The van der Waals surface area contributed by atoms with Gasteiger partial charge in [0.25, 0.3) is 0 Å². The van der Waals surface area contributed by atoms with Crippen LogP contribution in [0.15, 0.2) is 42.6 Å². The summed E-state index contributed by atoms with van der Waals surface area (Å²) in [6, 6.07) is 11.4. The van der Waals surface area contributed by atoms with Crippen LogP contribution in [0.5, 0.6) is 5.75 Å². The second-order valence-corrected chi connectivity index (χ2v) is 4.25. The number of nitrogens with zero attached hydrogens (tertiary/aromatic N) is 1. The van der Waals surface area contributed by atoms with Crippen molar-refractivity contribution in [3.63, 3.8) is 0 Å². The summed E-state index contributed by atoms with van der Waals surface area (Å²) >= 11 is 0. The van der Waals surface area contributed by atoms with Gasteiger partial charge in [0.15, 0.2) is 0 Å². The standard InChI is InChI=1S/C15H17N3O3/c1-20-13-6-3-11(4-7-13)9-16-12-5-8-14(17-10-12)18-15(19)21-2/h3-8,10,16H,9H2,1-2H3,(H,17,18,19). The molecule has 2 N–H and O–H groups in total. The van der Waals surface area contributed by atoms with Gasteiger partial charge in [-0.1, -0.05) is 12.1 Å². The average molecular weight is 287 g/mol. The number of anilines is 2. The van der Waals surface area contributed by atoms with E-state index in [9.17, 15) is 4.79 Å². The number of rotatable bonds is 5. The largest absolute Gasteiger partial charge is 0.497 e. The quantitative estimate of drug-likeness (QED) is 0.884. The highest BCUT2D eigenvalue weighted by atomic mass is 16.5. The van der Waals surface area contributed by atoms with Gasteiger partial charge in [-0.15, -0.1) is 0 Å². The monoisotopic (exact) mass is 287 g/mol. The maximum atomic E-state index is 11.0. The molecule has 0 aliphatic rings. The normalized spacial score (nSPS) is 9.81. The number of aromatic nitrogens is 1. The first kappa shape index (κ1) is 14.6. The molecule has 0 fully saturated rings. The van der Waals surface area contributed by atoms with Crippen LogP contribution in [0.2, 0.25) is 0 Å². The lowest BCUT2D eigenvalue weighted by molar-refractivity contribution is 0.187. The highest BCUT2D eigenvalue weighted by Gasteiger charge is 2.01. The number of pyridine rings is 1. The lowest BCUT2D eigenvalue weighted by Gasteiger charge is -2.08. The van der Waals surface area contributed by atoms with Crippen molar-refractivity contribution < 1.29 is 14.3 Å². The van der Waals surface area contributed by atoms with E-state index in [1.165, 1.54) is 7.11 Å². The molecule has 110 valence electrons. The number of methoxy groups -OCH3 is 2. The molecule has 0 unspecified atom stereocenters. The minimum Gasteiger partial charge on any atom is -0.497 e. The first-order valence-electron chi connectivity index (χ1n) is 6.39. The van der Waals surface area contributed by atoms with Crippen LogP contribution in [0.25, 0.3) is 0 Å². The minimum atomic E-state index is -0.540. The zero-order chi connectivity index (χ0) is 15.1. The number of carbonyl (C=O) groups is 1. The average Bonchev–Trinajstić information content (AvgIpc) is 2.54. The fourth-order valence-electron chi connectivity index (χ4n) is 1.68. The van der Waals surface area contributed by atoms with Crippen LogP contribution in [-0.2, 0) is 11.3 Å². The molecule has 0 bridgehead atoms. The van der Waals surface area contributed by atoms with Crippen LogP contribution in [0.1, 0.15) is 5.56 Å². The van der Waals surface area contributed by atoms with Crippen molar-refractivity contribution in [2.45, 2.75) is 6.54 Å². The SMILES string of the molecule is COC(=O)Nc1ccc(NCc2ccc(OC)cc2)cn1. The summed E-state index contributed by atoms with van der Waals surface area (Å²) < 4.78 is 9.60. The fraction of sp³-hybridized carbons (Fsp3) is 0.200. The molecule has 1 aromatic carbocycles. The summed E-state index contributed by atoms with van der Waals surface area (Å²) in [7, 11) is 2.95. The van der Waals surface area contributed by atoms with Gasteiger partial charge >= 0.3 is 6.09 Å². The third-order valence-electron chi connectivity index (χ3n) is 2.83. The maximum absolute atomic E-state index is 11.0. The van der Waals surface area contributed by atoms with Crippen LogP contribution < -0.4 is 15.4 Å². The summed E-state index contributed by atoms with van der Waals surface area (Å²) in [4.78, 5) is 15.1. The first-order valence-corrected chi connectivity index (χ1v) is 6.39. The molecular formula is C15H17N3O3. The van der Waals surface area contributed by atoms with Crippen molar-refractivity contribution in [2.75, 3.05) is 24.9 Å². The van der Waals surface area contributed by atoms with E-state index in [4.69, 9.17) is 4.74 Å². The van der Waals surface area contributed by atoms with Gasteiger partial charge in [-0.3, -0.25) is 5.32 Å². The van der Waals surface area contributed by atoms with Crippen molar-refractivity contribution in [3.05, 3.63) is 48.2 Å². The molecule has 0 aliphatic carbocycles. The fourth-order valence-corrected chi connectivity index (χ4v) is 1.68. The second-order valence-electron chi connectivity index (χ2n) is 4.25. The van der Waals surface area contributed by atoms with Crippen molar-refractivity contribution in [1.29, 1.82) is 0 Å². The van der Waals surface area contributed by atoms with E-state index in [1.807, 2.05) is 30.3 Å². The number of hydrogen-bond acceptors (Lipinski definition) is 5. The topological polar surface area (TPSA) is 72.5 Å². The highest BCUT2D eigenvalue weighted by molar-refractivity contribution is 5.83. The van der Waals surface area contributed by atoms with Gasteiger partial charge in [0.1, 0.15) is 11.6 Å². The first-order chi connectivity index (χ1) is 10.2. The van der Waals surface area contributed by atoms with E-state index in [2.05, 4.69) is 20.4 Å². The van der Waals surface area contributed by atoms with Crippen LogP contribution in [-0.4, -0.2) is 25.3 Å². The maximum Gasteiger partial charge on any atom is 0.412 e. The van der Waals surface area contributed by atoms with E-state index >= 15 is 0 Å². The molecule has 0 saturated heterocycles. The van der Waals surface area contributed by atoms with Crippen molar-refractivity contribution in [2.24, 2.45) is 0 Å². The van der Waals surface area contributed by atoms with E-state index in [1.54, 1.807) is 19.4 Å². The molecular weight excluding hydrogens is 270 g/mol. The Morgan fingerprint density at radius 2 is 1.90 bits per heavy atom. The van der Waals surface area contributed by atoms with Gasteiger partial charge in [0, 0.05) is 6.54 Å². The Balaban J connectivity index is 1.89. The third-order valence-corrected chi connectivity index (χ3v) is 2.83. The molecule has 1 heterocycles. The molecule has 6 nitrogen and oxygen atoms in total. The Bertz CT molecular complexity index is 582. The highest BCUT2D eigenvalue weighted by Crippen LogP contribution is 2.14. The van der Waals surface area contributed by atoms with Gasteiger partial charge in [0.2, 0.25) is 0 Å². The Labute approximate surface area is 123 Å². The van der Waals surface area contributed by atoms with Gasteiger partial charge in [-0.25, -0.2) is 9.78 Å². The van der Waals surface area contributed by atoms with Gasteiger partial charge in [0.05, 0.1) is 26.1 Å².